The van der Waals surface area contributed by atoms with E-state index in [1.165, 1.54) is 31.0 Å². The van der Waals surface area contributed by atoms with Gasteiger partial charge in [-0.1, -0.05) is 0 Å². The van der Waals surface area contributed by atoms with Gasteiger partial charge in [0.1, 0.15) is 10.6 Å². The number of methoxy groups -OCH3 is 1. The Morgan fingerprint density at radius 3 is 2.68 bits per heavy atom. The van der Waals surface area contributed by atoms with Crippen LogP contribution in [0.2, 0.25) is 0 Å². The van der Waals surface area contributed by atoms with Gasteiger partial charge in [-0.2, -0.15) is 0 Å². The van der Waals surface area contributed by atoms with Crippen molar-refractivity contribution in [3.05, 3.63) is 18.0 Å². The third-order valence-corrected chi connectivity index (χ3v) is 3.34. The van der Waals surface area contributed by atoms with E-state index in [1.54, 1.807) is 0 Å². The van der Waals surface area contributed by atoms with E-state index in [-0.39, 0.29) is 23.8 Å². The molecule has 8 nitrogen and oxygen atoms in total. The molecule has 0 spiro atoms. The number of carbonyl (C=O) groups excluding carboxylic acids is 1. The first-order valence-electron chi connectivity index (χ1n) is 5.39. The average molecular weight is 291 g/mol. The van der Waals surface area contributed by atoms with Crippen LogP contribution in [0.4, 0.5) is 0 Å². The van der Waals surface area contributed by atoms with Crippen molar-refractivity contribution >= 4 is 15.9 Å². The molecule has 0 fully saturated rings. The number of nitrogens with two attached hydrogens (primary N) is 1. The van der Waals surface area contributed by atoms with Crippen LogP contribution in [0.15, 0.2) is 17.2 Å². The molecule has 1 atom stereocenters. The minimum Gasteiger partial charge on any atom is -0.394 e. The second-order valence-electron chi connectivity index (χ2n) is 4.03. The van der Waals surface area contributed by atoms with Gasteiger partial charge in [-0.05, 0) is 6.07 Å². The Bertz CT molecular complexity index is 552. The molecule has 19 heavy (non-hydrogen) atoms. The molecule has 108 valence electrons. The minimum atomic E-state index is -3.86. The van der Waals surface area contributed by atoms with Crippen LogP contribution in [-0.4, -0.2) is 50.4 Å². The number of nitrogens with one attached hydrogen (secondary N) is 1. The van der Waals surface area contributed by atoms with E-state index in [0.717, 1.165) is 0 Å². The average Bonchev–Trinajstić information content (AvgIpc) is 2.70. The Hall–Kier alpha value is -1.42. The Morgan fingerprint density at radius 1 is 1.63 bits per heavy atom. The Morgan fingerprint density at radius 2 is 2.26 bits per heavy atom. The van der Waals surface area contributed by atoms with Gasteiger partial charge in [-0.3, -0.25) is 4.79 Å². The smallest absolute Gasteiger partial charge is 0.268 e. The van der Waals surface area contributed by atoms with E-state index in [9.17, 15) is 13.2 Å². The molecule has 0 radical (unpaired) electrons. The van der Waals surface area contributed by atoms with Crippen LogP contribution in [0.3, 0.4) is 0 Å². The fourth-order valence-electron chi connectivity index (χ4n) is 1.52. The highest BCUT2D eigenvalue weighted by Gasteiger charge is 2.19. The first-order chi connectivity index (χ1) is 8.79. The number of hydrogen-bond donors (Lipinski definition) is 3. The number of ether oxygens (including phenoxy) is 1. The molecule has 0 aliphatic carbocycles. The van der Waals surface area contributed by atoms with Crippen molar-refractivity contribution < 1.29 is 23.1 Å². The number of carbonyl (C=O) groups is 1. The van der Waals surface area contributed by atoms with E-state index in [0.29, 0.717) is 0 Å². The van der Waals surface area contributed by atoms with Crippen LogP contribution in [0.25, 0.3) is 0 Å². The monoisotopic (exact) mass is 291 g/mol. The van der Waals surface area contributed by atoms with Gasteiger partial charge in [0, 0.05) is 20.4 Å². The fraction of sp³-hybridized carbons (Fsp3) is 0.500. The zero-order chi connectivity index (χ0) is 14.6. The summed E-state index contributed by atoms with van der Waals surface area (Å²) in [6.07, 6.45) is 1.24. The van der Waals surface area contributed by atoms with Crippen molar-refractivity contribution in [2.45, 2.75) is 10.9 Å². The summed E-state index contributed by atoms with van der Waals surface area (Å²) in [5.41, 5.74) is 0.124. The topological polar surface area (TPSA) is 124 Å². The molecular weight excluding hydrogens is 274 g/mol. The molecular formula is C10H17N3O5S. The summed E-state index contributed by atoms with van der Waals surface area (Å²) in [4.78, 5) is 11.8. The van der Waals surface area contributed by atoms with Gasteiger partial charge in [0.25, 0.3) is 5.91 Å². The number of hydrogen-bond acceptors (Lipinski definition) is 5. The number of aromatic nitrogens is 1. The van der Waals surface area contributed by atoms with Gasteiger partial charge in [-0.15, -0.1) is 0 Å². The Balaban J connectivity index is 2.91. The van der Waals surface area contributed by atoms with Gasteiger partial charge >= 0.3 is 0 Å². The molecule has 4 N–H and O–H groups in total. The highest BCUT2D eigenvalue weighted by Crippen LogP contribution is 2.11. The van der Waals surface area contributed by atoms with Crippen molar-refractivity contribution in [1.29, 1.82) is 0 Å². The molecule has 1 heterocycles. The molecule has 0 aromatic carbocycles. The number of primary sulfonamides is 1. The molecule has 0 saturated heterocycles. The first-order valence-corrected chi connectivity index (χ1v) is 6.94. The number of sulfonamides is 1. The zero-order valence-electron chi connectivity index (χ0n) is 10.7. The molecule has 0 aliphatic heterocycles. The van der Waals surface area contributed by atoms with E-state index in [1.807, 2.05) is 0 Å². The third kappa shape index (κ3) is 4.03. The van der Waals surface area contributed by atoms with Crippen LogP contribution in [0.5, 0.6) is 0 Å². The van der Waals surface area contributed by atoms with Gasteiger partial charge in [0.2, 0.25) is 10.0 Å². The lowest BCUT2D eigenvalue weighted by Crippen LogP contribution is -2.41. The normalized spacial score (nSPS) is 13.3. The van der Waals surface area contributed by atoms with Crippen LogP contribution in [-0.2, 0) is 21.8 Å². The largest absolute Gasteiger partial charge is 0.394 e. The molecule has 1 rings (SSSR count). The second-order valence-corrected chi connectivity index (χ2v) is 5.59. The van der Waals surface area contributed by atoms with Crippen LogP contribution < -0.4 is 10.5 Å². The van der Waals surface area contributed by atoms with Crippen molar-refractivity contribution in [3.63, 3.8) is 0 Å². The van der Waals surface area contributed by atoms with E-state index >= 15 is 0 Å². The number of aliphatic hydroxyl groups excluding tert-OH is 1. The summed E-state index contributed by atoms with van der Waals surface area (Å²) in [7, 11) is -0.895. The molecule has 0 saturated carbocycles. The van der Waals surface area contributed by atoms with Crippen LogP contribution in [0, 0.1) is 0 Å². The lowest BCUT2D eigenvalue weighted by molar-refractivity contribution is 0.0832. The van der Waals surface area contributed by atoms with Gasteiger partial charge < -0.3 is 19.7 Å². The van der Waals surface area contributed by atoms with Crippen LogP contribution >= 0.6 is 0 Å². The fourth-order valence-corrected chi connectivity index (χ4v) is 2.10. The van der Waals surface area contributed by atoms with Crippen molar-refractivity contribution in [2.24, 2.45) is 12.2 Å². The van der Waals surface area contributed by atoms with Gasteiger partial charge in [0.15, 0.2) is 0 Å². The van der Waals surface area contributed by atoms with Crippen molar-refractivity contribution in [1.82, 2.24) is 9.88 Å². The molecule has 0 bridgehead atoms. The maximum absolute atomic E-state index is 11.9. The second kappa shape index (κ2) is 6.15. The highest BCUT2D eigenvalue weighted by atomic mass is 32.2. The molecule has 9 heteroatoms. The number of rotatable bonds is 6. The summed E-state index contributed by atoms with van der Waals surface area (Å²) in [6, 6.07) is 0.608. The predicted octanol–water partition coefficient (Wildman–Crippen LogP) is -1.59. The molecule has 1 unspecified atom stereocenters. The van der Waals surface area contributed by atoms with Crippen LogP contribution in [0.1, 0.15) is 10.5 Å². The molecule has 1 aromatic heterocycles. The molecule has 1 amide bonds. The van der Waals surface area contributed by atoms with Crippen molar-refractivity contribution in [2.75, 3.05) is 20.3 Å². The SMILES string of the molecule is COCC(CO)NC(=O)c1cc(S(N)(=O)=O)cn1C. The zero-order valence-corrected chi connectivity index (χ0v) is 11.5. The lowest BCUT2D eigenvalue weighted by atomic mass is 10.3. The van der Waals surface area contributed by atoms with Gasteiger partial charge in [0.05, 0.1) is 19.3 Å². The summed E-state index contributed by atoms with van der Waals surface area (Å²) in [5.74, 6) is -0.520. The summed E-state index contributed by atoms with van der Waals surface area (Å²) < 4.78 is 28.5. The number of amides is 1. The number of nitrogens with zero attached hydrogens (tertiary/aromatic N) is 1. The number of aliphatic hydroxyl groups is 1. The third-order valence-electron chi connectivity index (χ3n) is 2.46. The lowest BCUT2D eigenvalue weighted by Gasteiger charge is -2.15. The van der Waals surface area contributed by atoms with Gasteiger partial charge in [-0.25, -0.2) is 13.6 Å². The predicted molar refractivity (Wildman–Crippen MR) is 67.0 cm³/mol. The minimum absolute atomic E-state index is 0.124. The standard InChI is InChI=1S/C10H17N3O5S/c1-13-4-8(19(11,16)17)3-9(13)10(15)12-7(5-14)6-18-2/h3-4,7,14H,5-6H2,1-2H3,(H,12,15)(H2,11,16,17). The molecule has 0 aliphatic rings. The Labute approximate surface area is 111 Å². The van der Waals surface area contributed by atoms with E-state index in [4.69, 9.17) is 15.0 Å². The molecule has 1 aromatic rings. The van der Waals surface area contributed by atoms with E-state index in [2.05, 4.69) is 5.32 Å². The van der Waals surface area contributed by atoms with E-state index < -0.39 is 22.0 Å². The maximum Gasteiger partial charge on any atom is 0.268 e. The Kier molecular flexibility index (Phi) is 5.06. The van der Waals surface area contributed by atoms with Crippen molar-refractivity contribution in [3.8, 4) is 0 Å². The summed E-state index contributed by atoms with van der Waals surface area (Å²) in [6.45, 7) is -0.138. The maximum atomic E-state index is 11.9. The highest BCUT2D eigenvalue weighted by molar-refractivity contribution is 7.89. The summed E-state index contributed by atoms with van der Waals surface area (Å²) >= 11 is 0. The quantitative estimate of drug-likeness (QED) is 0.583. The summed E-state index contributed by atoms with van der Waals surface area (Å²) in [5, 5.41) is 16.5. The first kappa shape index (κ1) is 15.6. The number of aryl methyl sites for hydroxylation is 1.